The monoisotopic (exact) mass is 524 g/mol. The molecule has 12 heteroatoms. The molecule has 0 saturated heterocycles. The van der Waals surface area contributed by atoms with Gasteiger partial charge in [0.25, 0.3) is 0 Å². The van der Waals surface area contributed by atoms with Crippen LogP contribution >= 0.6 is 11.6 Å². The van der Waals surface area contributed by atoms with E-state index in [9.17, 15) is 23.6 Å². The molecule has 1 aliphatic carbocycles. The van der Waals surface area contributed by atoms with Gasteiger partial charge in [-0.05, 0) is 54.7 Å². The Labute approximate surface area is 215 Å². The maximum absolute atomic E-state index is 14.1. The SMILES string of the molecule is CC(=O)c1cn(CC(=O)N(CC(=O)NCc2cccc(Cl)c2F)C2CC2)c2ccc(C(=O)N=[N+]=[N-])cc12. The summed E-state index contributed by atoms with van der Waals surface area (Å²) in [6.45, 7) is 0.959. The number of hydrogen-bond acceptors (Lipinski definition) is 4. The summed E-state index contributed by atoms with van der Waals surface area (Å²) in [5, 5.41) is 6.10. The summed E-state index contributed by atoms with van der Waals surface area (Å²) in [5.74, 6) is -2.43. The number of ketones is 1. The van der Waals surface area contributed by atoms with Crippen molar-refractivity contribution in [1.29, 1.82) is 0 Å². The molecule has 1 heterocycles. The predicted molar refractivity (Wildman–Crippen MR) is 133 cm³/mol. The lowest BCUT2D eigenvalue weighted by atomic mass is 10.1. The van der Waals surface area contributed by atoms with Gasteiger partial charge in [-0.15, -0.1) is 0 Å². The fourth-order valence-electron chi connectivity index (χ4n) is 4.07. The predicted octanol–water partition coefficient (Wildman–Crippen LogP) is 4.39. The summed E-state index contributed by atoms with van der Waals surface area (Å²) in [7, 11) is 0. The van der Waals surface area contributed by atoms with Crippen molar-refractivity contribution in [1.82, 2.24) is 14.8 Å². The minimum atomic E-state index is -0.786. The van der Waals surface area contributed by atoms with Crippen LogP contribution in [0.4, 0.5) is 4.39 Å². The highest BCUT2D eigenvalue weighted by Gasteiger charge is 2.34. The lowest BCUT2D eigenvalue weighted by molar-refractivity contribution is -0.137. The number of azide groups is 1. The quantitative estimate of drug-likeness (QED) is 0.192. The van der Waals surface area contributed by atoms with E-state index in [0.29, 0.717) is 16.5 Å². The van der Waals surface area contributed by atoms with Gasteiger partial charge in [-0.2, -0.15) is 0 Å². The second kappa shape index (κ2) is 10.8. The average molecular weight is 525 g/mol. The number of carbonyl (C=O) groups is 4. The van der Waals surface area contributed by atoms with Crippen molar-refractivity contribution in [3.05, 3.63) is 80.6 Å². The van der Waals surface area contributed by atoms with Crippen LogP contribution in [0.5, 0.6) is 0 Å². The van der Waals surface area contributed by atoms with E-state index in [1.807, 2.05) is 0 Å². The largest absolute Gasteiger partial charge is 0.350 e. The highest BCUT2D eigenvalue weighted by atomic mass is 35.5. The minimum Gasteiger partial charge on any atom is -0.350 e. The summed E-state index contributed by atoms with van der Waals surface area (Å²) in [6, 6.07) is 8.90. The van der Waals surface area contributed by atoms with E-state index in [2.05, 4.69) is 15.3 Å². The van der Waals surface area contributed by atoms with Gasteiger partial charge in [0.15, 0.2) is 5.78 Å². The van der Waals surface area contributed by atoms with Gasteiger partial charge in [0.1, 0.15) is 12.4 Å². The molecule has 3 amide bonds. The Bertz CT molecular complexity index is 1480. The van der Waals surface area contributed by atoms with Crippen LogP contribution in [0.15, 0.2) is 47.7 Å². The van der Waals surface area contributed by atoms with Crippen LogP contribution in [0.2, 0.25) is 5.02 Å². The maximum atomic E-state index is 14.1. The molecule has 0 bridgehead atoms. The Morgan fingerprint density at radius 2 is 2.00 bits per heavy atom. The molecule has 0 radical (unpaired) electrons. The number of fused-ring (bicyclic) bond motifs is 1. The molecule has 1 fully saturated rings. The topological polar surface area (TPSA) is 137 Å². The summed E-state index contributed by atoms with van der Waals surface area (Å²) < 4.78 is 15.7. The number of hydrogen-bond donors (Lipinski definition) is 1. The Morgan fingerprint density at radius 3 is 2.68 bits per heavy atom. The van der Waals surface area contributed by atoms with E-state index in [0.717, 1.165) is 12.8 Å². The first-order valence-electron chi connectivity index (χ1n) is 11.4. The Balaban J connectivity index is 1.51. The van der Waals surface area contributed by atoms with E-state index in [1.165, 1.54) is 42.3 Å². The number of aromatic nitrogens is 1. The normalized spacial score (nSPS) is 12.6. The van der Waals surface area contributed by atoms with Crippen molar-refractivity contribution in [2.24, 2.45) is 5.11 Å². The molecule has 190 valence electrons. The highest BCUT2D eigenvalue weighted by molar-refractivity contribution is 6.30. The van der Waals surface area contributed by atoms with Crippen LogP contribution in [0.3, 0.4) is 0 Å². The van der Waals surface area contributed by atoms with Crippen molar-refractivity contribution in [2.75, 3.05) is 6.54 Å². The number of nitrogens with zero attached hydrogens (tertiary/aromatic N) is 5. The molecule has 1 saturated carbocycles. The summed E-state index contributed by atoms with van der Waals surface area (Å²) in [6.07, 6.45) is 3.05. The molecule has 0 aliphatic heterocycles. The maximum Gasteiger partial charge on any atom is 0.249 e. The van der Waals surface area contributed by atoms with Gasteiger partial charge in [-0.25, -0.2) is 4.39 Å². The smallest absolute Gasteiger partial charge is 0.249 e. The first-order valence-corrected chi connectivity index (χ1v) is 11.8. The van der Waals surface area contributed by atoms with Crippen molar-refractivity contribution < 1.29 is 23.6 Å². The molecule has 4 rings (SSSR count). The third kappa shape index (κ3) is 5.79. The third-order valence-electron chi connectivity index (χ3n) is 6.08. The van der Waals surface area contributed by atoms with E-state index >= 15 is 0 Å². The van der Waals surface area contributed by atoms with E-state index in [1.54, 1.807) is 16.7 Å². The van der Waals surface area contributed by atoms with Gasteiger partial charge < -0.3 is 14.8 Å². The zero-order valence-electron chi connectivity index (χ0n) is 19.8. The number of amides is 3. The number of Topliss-reactive ketones (excluding diaryl/α,β-unsaturated/α-hetero) is 1. The standard InChI is InChI=1S/C25H22ClFN6O4/c1-14(34)19-11-32(21-8-5-15(9-18(19)21)25(37)30-31-28)13-23(36)33(17-6-7-17)12-22(35)29-10-16-3-2-4-20(26)24(16)27/h2-5,8-9,11,17H,6-7,10,12-13H2,1H3,(H,29,35). The van der Waals surface area contributed by atoms with Crippen LogP contribution in [-0.4, -0.2) is 45.6 Å². The molecular weight excluding hydrogens is 503 g/mol. The second-order valence-electron chi connectivity index (χ2n) is 8.70. The van der Waals surface area contributed by atoms with Crippen LogP contribution in [0, 0.1) is 5.82 Å². The second-order valence-corrected chi connectivity index (χ2v) is 9.10. The zero-order valence-corrected chi connectivity index (χ0v) is 20.5. The number of rotatable bonds is 9. The lowest BCUT2D eigenvalue weighted by Gasteiger charge is -2.22. The lowest BCUT2D eigenvalue weighted by Crippen LogP contribution is -2.43. The number of carbonyl (C=O) groups excluding carboxylic acids is 4. The number of halogens is 2. The molecule has 10 nitrogen and oxygen atoms in total. The van der Waals surface area contributed by atoms with Gasteiger partial charge in [0, 0.05) is 51.3 Å². The molecule has 2 aromatic carbocycles. The molecule has 37 heavy (non-hydrogen) atoms. The summed E-state index contributed by atoms with van der Waals surface area (Å²) in [4.78, 5) is 54.0. The first-order chi connectivity index (χ1) is 17.7. The zero-order chi connectivity index (χ0) is 26.7. The molecule has 1 aliphatic rings. The van der Waals surface area contributed by atoms with Gasteiger partial charge in [0.05, 0.1) is 11.6 Å². The van der Waals surface area contributed by atoms with Crippen molar-refractivity contribution >= 4 is 46.0 Å². The van der Waals surface area contributed by atoms with Crippen molar-refractivity contribution in [2.45, 2.75) is 38.9 Å². The molecule has 0 spiro atoms. The van der Waals surface area contributed by atoms with E-state index < -0.39 is 17.6 Å². The first kappa shape index (κ1) is 25.9. The average Bonchev–Trinajstić information content (AvgIpc) is 3.64. The van der Waals surface area contributed by atoms with Gasteiger partial charge >= 0.3 is 0 Å². The van der Waals surface area contributed by atoms with Gasteiger partial charge in [-0.3, -0.25) is 19.2 Å². The molecule has 1 N–H and O–H groups in total. The molecule has 0 unspecified atom stereocenters. The molecular formula is C25H22ClFN6O4. The molecule has 1 aromatic heterocycles. The van der Waals surface area contributed by atoms with Gasteiger partial charge in [0.2, 0.25) is 17.7 Å². The fraction of sp³-hybridized carbons (Fsp3) is 0.280. The van der Waals surface area contributed by atoms with Crippen LogP contribution in [-0.2, 0) is 22.7 Å². The third-order valence-corrected chi connectivity index (χ3v) is 6.37. The van der Waals surface area contributed by atoms with Crippen molar-refractivity contribution in [3.63, 3.8) is 0 Å². The number of nitrogens with one attached hydrogen (secondary N) is 1. The minimum absolute atomic E-state index is 0.0420. The fourth-order valence-corrected chi connectivity index (χ4v) is 4.27. The van der Waals surface area contributed by atoms with Crippen LogP contribution < -0.4 is 5.32 Å². The Morgan fingerprint density at radius 1 is 1.24 bits per heavy atom. The van der Waals surface area contributed by atoms with Crippen molar-refractivity contribution in [3.8, 4) is 0 Å². The van der Waals surface area contributed by atoms with E-state index in [-0.39, 0.29) is 53.5 Å². The summed E-state index contributed by atoms with van der Waals surface area (Å²) in [5.41, 5.74) is 9.71. The highest BCUT2D eigenvalue weighted by Crippen LogP contribution is 2.28. The van der Waals surface area contributed by atoms with Crippen LogP contribution in [0.25, 0.3) is 21.3 Å². The summed E-state index contributed by atoms with van der Waals surface area (Å²) >= 11 is 5.78. The number of benzene rings is 2. The molecule has 0 atom stereocenters. The molecule has 3 aromatic rings. The Kier molecular flexibility index (Phi) is 7.56. The van der Waals surface area contributed by atoms with Gasteiger partial charge in [-0.1, -0.05) is 23.7 Å². The Hall–Kier alpha value is -4.21. The van der Waals surface area contributed by atoms with Crippen LogP contribution in [0.1, 0.15) is 46.0 Å². The van der Waals surface area contributed by atoms with E-state index in [4.69, 9.17) is 17.1 Å².